The average molecular weight is 482 g/mol. The molecule has 0 aromatic heterocycles. The van der Waals surface area contributed by atoms with Crippen molar-refractivity contribution in [3.63, 3.8) is 0 Å². The molecule has 3 atom stereocenters. The van der Waals surface area contributed by atoms with E-state index in [4.69, 9.17) is 9.47 Å². The molecule has 6 heteroatoms. The minimum Gasteiger partial charge on any atom is -0.463 e. The molecule has 0 aliphatic carbocycles. The largest absolute Gasteiger partial charge is 0.463 e. The van der Waals surface area contributed by atoms with Crippen LogP contribution in [0.25, 0.3) is 0 Å². The van der Waals surface area contributed by atoms with Crippen molar-refractivity contribution in [2.75, 3.05) is 6.61 Å². The number of carbonyl (C=O) groups excluding carboxylic acids is 2. The standard InChI is InChI=1S/C28H51NO5/c1-18(30)16-33-22(32)28(14,17-23(2,3)4)27(12,13)25(8,9)15-19(24(5,6)7)20-29-26(10,11)21(31)34-20/h18-19,30H,15-17H2,1-14H3. The fourth-order valence-corrected chi connectivity index (χ4v) is 4.95. The van der Waals surface area contributed by atoms with E-state index in [1.165, 1.54) is 0 Å². The monoisotopic (exact) mass is 481 g/mol. The molecule has 1 aliphatic rings. The van der Waals surface area contributed by atoms with Gasteiger partial charge in [-0.1, -0.05) is 69.2 Å². The van der Waals surface area contributed by atoms with Crippen LogP contribution in [0.4, 0.5) is 0 Å². The summed E-state index contributed by atoms with van der Waals surface area (Å²) in [5.74, 6) is -0.243. The third-order valence-electron chi connectivity index (χ3n) is 8.01. The summed E-state index contributed by atoms with van der Waals surface area (Å²) in [7, 11) is 0. The molecule has 3 unspecified atom stereocenters. The molecule has 1 heterocycles. The molecule has 0 bridgehead atoms. The number of carbonyl (C=O) groups is 2. The van der Waals surface area contributed by atoms with Crippen LogP contribution >= 0.6 is 0 Å². The predicted octanol–water partition coefficient (Wildman–Crippen LogP) is 6.19. The van der Waals surface area contributed by atoms with Gasteiger partial charge < -0.3 is 14.6 Å². The lowest BCUT2D eigenvalue weighted by Gasteiger charge is -2.55. The molecule has 0 radical (unpaired) electrons. The molecule has 34 heavy (non-hydrogen) atoms. The molecule has 0 spiro atoms. The first-order valence-electron chi connectivity index (χ1n) is 12.5. The molecule has 0 aromatic rings. The van der Waals surface area contributed by atoms with E-state index in [9.17, 15) is 14.7 Å². The Kier molecular flexibility index (Phi) is 8.60. The third-order valence-corrected chi connectivity index (χ3v) is 8.01. The van der Waals surface area contributed by atoms with Gasteiger partial charge in [0.25, 0.3) is 0 Å². The smallest absolute Gasteiger partial charge is 0.340 e. The van der Waals surface area contributed by atoms with Gasteiger partial charge >= 0.3 is 11.9 Å². The van der Waals surface area contributed by atoms with E-state index in [1.54, 1.807) is 20.8 Å². The number of ether oxygens (including phenoxy) is 2. The Morgan fingerprint density at radius 1 is 1.03 bits per heavy atom. The van der Waals surface area contributed by atoms with Crippen LogP contribution in [-0.2, 0) is 19.1 Å². The number of aliphatic imine (C=N–C) groups is 1. The van der Waals surface area contributed by atoms with Crippen LogP contribution in [0.5, 0.6) is 0 Å². The van der Waals surface area contributed by atoms with Crippen LogP contribution in [-0.4, -0.2) is 41.2 Å². The van der Waals surface area contributed by atoms with Gasteiger partial charge in [0.15, 0.2) is 11.4 Å². The van der Waals surface area contributed by atoms with Gasteiger partial charge in [-0.05, 0) is 62.2 Å². The van der Waals surface area contributed by atoms with Crippen molar-refractivity contribution >= 4 is 17.8 Å². The number of hydrogen-bond acceptors (Lipinski definition) is 6. The summed E-state index contributed by atoms with van der Waals surface area (Å²) in [6.45, 7) is 28.5. The first kappa shape index (κ1) is 30.6. The maximum Gasteiger partial charge on any atom is 0.340 e. The second-order valence-electron chi connectivity index (χ2n) is 14.5. The van der Waals surface area contributed by atoms with E-state index in [2.05, 4.69) is 74.2 Å². The molecule has 1 N–H and O–H groups in total. The van der Waals surface area contributed by atoms with Gasteiger partial charge in [-0.2, -0.15) is 0 Å². The topological polar surface area (TPSA) is 85.2 Å². The lowest BCUT2D eigenvalue weighted by molar-refractivity contribution is -0.177. The fourth-order valence-electron chi connectivity index (χ4n) is 4.95. The summed E-state index contributed by atoms with van der Waals surface area (Å²) in [6.07, 6.45) is 0.579. The predicted molar refractivity (Wildman–Crippen MR) is 138 cm³/mol. The van der Waals surface area contributed by atoms with Gasteiger partial charge in [-0.25, -0.2) is 9.79 Å². The Morgan fingerprint density at radius 3 is 1.88 bits per heavy atom. The highest BCUT2D eigenvalue weighted by atomic mass is 16.6. The van der Waals surface area contributed by atoms with Crippen LogP contribution in [0.15, 0.2) is 4.99 Å². The van der Waals surface area contributed by atoms with E-state index in [0.717, 1.165) is 0 Å². The minimum absolute atomic E-state index is 0.0263. The van der Waals surface area contributed by atoms with Crippen molar-refractivity contribution in [3.8, 4) is 0 Å². The lowest BCUT2D eigenvalue weighted by atomic mass is 9.49. The number of nitrogens with zero attached hydrogens (tertiary/aromatic N) is 1. The summed E-state index contributed by atoms with van der Waals surface area (Å²) in [5, 5.41) is 9.72. The minimum atomic E-state index is -0.885. The number of aliphatic hydroxyl groups is 1. The SMILES string of the molecule is CC(O)COC(=O)C(C)(CC(C)(C)C)C(C)(C)C(C)(C)CC(C1=NC(C)(C)C(=O)O1)C(C)(C)C. The average Bonchev–Trinajstić information content (AvgIpc) is 2.87. The van der Waals surface area contributed by atoms with Gasteiger partial charge in [0, 0.05) is 5.92 Å². The van der Waals surface area contributed by atoms with E-state index in [-0.39, 0.29) is 40.7 Å². The summed E-state index contributed by atoms with van der Waals surface area (Å²) < 4.78 is 11.3. The first-order valence-corrected chi connectivity index (χ1v) is 12.5. The summed E-state index contributed by atoms with van der Waals surface area (Å²) in [6, 6.07) is 0. The highest BCUT2D eigenvalue weighted by Crippen LogP contribution is 2.59. The zero-order chi connectivity index (χ0) is 27.1. The quantitative estimate of drug-likeness (QED) is 0.397. The molecule has 0 saturated heterocycles. The molecule has 0 amide bonds. The zero-order valence-corrected chi connectivity index (χ0v) is 24.3. The molecule has 1 rings (SSSR count). The van der Waals surface area contributed by atoms with Gasteiger partial charge in [-0.3, -0.25) is 4.79 Å². The maximum absolute atomic E-state index is 13.6. The van der Waals surface area contributed by atoms with Crippen molar-refractivity contribution in [2.24, 2.45) is 38.0 Å². The van der Waals surface area contributed by atoms with E-state index in [0.29, 0.717) is 18.7 Å². The molecular formula is C28H51NO5. The lowest BCUT2D eigenvalue weighted by Crippen LogP contribution is -2.54. The highest BCUT2D eigenvalue weighted by Gasteiger charge is 2.58. The highest BCUT2D eigenvalue weighted by molar-refractivity contribution is 6.00. The van der Waals surface area contributed by atoms with Gasteiger partial charge in [0.05, 0.1) is 11.5 Å². The fraction of sp³-hybridized carbons (Fsp3) is 0.893. The van der Waals surface area contributed by atoms with Crippen LogP contribution < -0.4 is 0 Å². The Bertz CT molecular complexity index is 793. The summed E-state index contributed by atoms with van der Waals surface area (Å²) >= 11 is 0. The second-order valence-corrected chi connectivity index (χ2v) is 14.5. The Hall–Kier alpha value is -1.43. The van der Waals surface area contributed by atoms with E-state index >= 15 is 0 Å². The van der Waals surface area contributed by atoms with Crippen molar-refractivity contribution < 1.29 is 24.2 Å². The zero-order valence-electron chi connectivity index (χ0n) is 24.3. The van der Waals surface area contributed by atoms with Crippen molar-refractivity contribution in [1.82, 2.24) is 0 Å². The third kappa shape index (κ3) is 6.61. The Morgan fingerprint density at radius 2 is 1.53 bits per heavy atom. The van der Waals surface area contributed by atoms with Crippen molar-refractivity contribution in [2.45, 2.75) is 121 Å². The number of rotatable bonds is 9. The summed E-state index contributed by atoms with van der Waals surface area (Å²) in [4.78, 5) is 30.7. The first-order chi connectivity index (χ1) is 14.9. The van der Waals surface area contributed by atoms with E-state index in [1.807, 2.05) is 6.92 Å². The number of hydrogen-bond donors (Lipinski definition) is 1. The van der Waals surface area contributed by atoms with Gasteiger partial charge in [0.2, 0.25) is 0 Å². The van der Waals surface area contributed by atoms with Crippen molar-refractivity contribution in [1.29, 1.82) is 0 Å². The van der Waals surface area contributed by atoms with Gasteiger partial charge in [0.1, 0.15) is 6.61 Å². The van der Waals surface area contributed by atoms with Crippen LogP contribution in [0.2, 0.25) is 0 Å². The number of cyclic esters (lactones) is 1. The molecule has 0 aromatic carbocycles. The molecule has 6 nitrogen and oxygen atoms in total. The Labute approximate surface area is 208 Å². The van der Waals surface area contributed by atoms with Crippen LogP contribution in [0.1, 0.15) is 110 Å². The number of esters is 2. The molecule has 198 valence electrons. The number of aliphatic hydroxyl groups excluding tert-OH is 1. The second kappa shape index (κ2) is 9.55. The molecule has 1 aliphatic heterocycles. The molecule has 0 fully saturated rings. The van der Waals surface area contributed by atoms with Crippen LogP contribution in [0, 0.1) is 33.0 Å². The molecule has 0 saturated carbocycles. The Balaban J connectivity index is 3.50. The summed E-state index contributed by atoms with van der Waals surface area (Å²) in [5.41, 5.74) is -2.91. The molecular weight excluding hydrogens is 430 g/mol. The van der Waals surface area contributed by atoms with E-state index < -0.39 is 22.5 Å². The van der Waals surface area contributed by atoms with Gasteiger partial charge in [-0.15, -0.1) is 0 Å². The maximum atomic E-state index is 13.6. The normalized spacial score (nSPS) is 20.8. The van der Waals surface area contributed by atoms with Crippen molar-refractivity contribution in [3.05, 3.63) is 0 Å². The van der Waals surface area contributed by atoms with Crippen LogP contribution in [0.3, 0.4) is 0 Å².